The van der Waals surface area contributed by atoms with Crippen LogP contribution in [0.4, 0.5) is 0 Å². The summed E-state index contributed by atoms with van der Waals surface area (Å²) < 4.78 is 0.859. The summed E-state index contributed by atoms with van der Waals surface area (Å²) in [5.41, 5.74) is 6.19. The molecule has 0 bridgehead atoms. The first-order valence-electron chi connectivity index (χ1n) is 5.89. The van der Waals surface area contributed by atoms with Gasteiger partial charge in [0, 0.05) is 16.5 Å². The number of carbonyl (C=O) groups excluding carboxylic acids is 2. The number of carboxylic acids is 1. The van der Waals surface area contributed by atoms with Crippen molar-refractivity contribution in [3.05, 3.63) is 33.8 Å². The quantitative estimate of drug-likeness (QED) is 0.721. The smallest absolute Gasteiger partial charge is 0.326 e. The topological polar surface area (TPSA) is 109 Å². The van der Waals surface area contributed by atoms with Crippen LogP contribution in [0.25, 0.3) is 0 Å². The molecule has 1 atom stereocenters. The van der Waals surface area contributed by atoms with Gasteiger partial charge in [-0.3, -0.25) is 9.59 Å². The Morgan fingerprint density at radius 3 is 2.55 bits per heavy atom. The molecule has 0 spiro atoms. The maximum Gasteiger partial charge on any atom is 0.326 e. The third kappa shape index (κ3) is 4.65. The van der Waals surface area contributed by atoms with Gasteiger partial charge in [-0.2, -0.15) is 0 Å². The Morgan fingerprint density at radius 2 is 2.05 bits per heavy atom. The number of amides is 2. The van der Waals surface area contributed by atoms with Gasteiger partial charge < -0.3 is 16.2 Å². The molecule has 0 radical (unpaired) electrons. The number of rotatable bonds is 6. The van der Waals surface area contributed by atoms with Crippen molar-refractivity contribution in [1.82, 2.24) is 5.32 Å². The maximum atomic E-state index is 12.0. The van der Waals surface area contributed by atoms with Crippen molar-refractivity contribution in [3.8, 4) is 0 Å². The second-order valence-corrected chi connectivity index (χ2v) is 5.19. The van der Waals surface area contributed by atoms with Gasteiger partial charge in [-0.05, 0) is 37.1 Å². The van der Waals surface area contributed by atoms with Gasteiger partial charge in [0.05, 0.1) is 0 Å². The van der Waals surface area contributed by atoms with Crippen LogP contribution in [-0.2, 0) is 9.59 Å². The first kappa shape index (κ1) is 16.2. The lowest BCUT2D eigenvalue weighted by Gasteiger charge is -2.14. The number of primary amides is 1. The summed E-state index contributed by atoms with van der Waals surface area (Å²) in [6.07, 6.45) is -0.136. The lowest BCUT2D eigenvalue weighted by molar-refractivity contribution is -0.139. The normalized spacial score (nSPS) is 11.7. The molecule has 1 aromatic carbocycles. The van der Waals surface area contributed by atoms with E-state index in [1.807, 2.05) is 6.92 Å². The van der Waals surface area contributed by atoms with Gasteiger partial charge in [0.25, 0.3) is 5.91 Å². The molecule has 0 aliphatic carbocycles. The molecule has 2 amide bonds. The van der Waals surface area contributed by atoms with E-state index < -0.39 is 23.8 Å². The molecule has 1 unspecified atom stereocenters. The fraction of sp³-hybridized carbons (Fsp3) is 0.308. The largest absolute Gasteiger partial charge is 0.480 e. The standard InChI is InChI=1S/C13H15BrN2O4/c1-7-6-8(2-3-9(7)14)12(18)16-10(13(19)20)4-5-11(15)17/h2-3,6,10H,4-5H2,1H3,(H2,15,17)(H,16,18)(H,19,20). The monoisotopic (exact) mass is 342 g/mol. The van der Waals surface area contributed by atoms with E-state index in [0.29, 0.717) is 5.56 Å². The van der Waals surface area contributed by atoms with Crippen molar-refractivity contribution in [2.75, 3.05) is 0 Å². The van der Waals surface area contributed by atoms with Gasteiger partial charge in [-0.25, -0.2) is 4.79 Å². The summed E-state index contributed by atoms with van der Waals surface area (Å²) >= 11 is 3.32. The molecular formula is C13H15BrN2O4. The Bertz CT molecular complexity index is 545. The fourth-order valence-corrected chi connectivity index (χ4v) is 1.82. The Balaban J connectivity index is 2.77. The highest BCUT2D eigenvalue weighted by Gasteiger charge is 2.21. The molecule has 108 valence electrons. The summed E-state index contributed by atoms with van der Waals surface area (Å²) in [4.78, 5) is 33.7. The molecule has 0 aliphatic heterocycles. The number of nitrogens with one attached hydrogen (secondary N) is 1. The molecule has 6 nitrogen and oxygen atoms in total. The minimum Gasteiger partial charge on any atom is -0.480 e. The summed E-state index contributed by atoms with van der Waals surface area (Å²) in [5.74, 6) is -2.31. The van der Waals surface area contributed by atoms with E-state index in [0.717, 1.165) is 10.0 Å². The van der Waals surface area contributed by atoms with E-state index in [-0.39, 0.29) is 12.8 Å². The van der Waals surface area contributed by atoms with Gasteiger partial charge >= 0.3 is 5.97 Å². The highest BCUT2D eigenvalue weighted by atomic mass is 79.9. The van der Waals surface area contributed by atoms with Crippen LogP contribution in [0.2, 0.25) is 0 Å². The Hall–Kier alpha value is -1.89. The minimum absolute atomic E-state index is 0.0358. The Kier molecular flexibility index (Phi) is 5.69. The van der Waals surface area contributed by atoms with Crippen molar-refractivity contribution in [2.24, 2.45) is 5.73 Å². The van der Waals surface area contributed by atoms with Crippen LogP contribution < -0.4 is 11.1 Å². The van der Waals surface area contributed by atoms with Crippen LogP contribution >= 0.6 is 15.9 Å². The van der Waals surface area contributed by atoms with Crippen LogP contribution in [0.15, 0.2) is 22.7 Å². The second-order valence-electron chi connectivity index (χ2n) is 4.33. The van der Waals surface area contributed by atoms with Crippen LogP contribution in [0.3, 0.4) is 0 Å². The number of halogens is 1. The molecular weight excluding hydrogens is 328 g/mol. The van der Waals surface area contributed by atoms with Gasteiger partial charge in [0.15, 0.2) is 0 Å². The number of aryl methyl sites for hydroxylation is 1. The maximum absolute atomic E-state index is 12.0. The molecule has 0 saturated carbocycles. The first-order chi connectivity index (χ1) is 9.31. The summed E-state index contributed by atoms with van der Waals surface area (Å²) in [5, 5.41) is 11.4. The van der Waals surface area contributed by atoms with Crippen LogP contribution in [0.1, 0.15) is 28.8 Å². The summed E-state index contributed by atoms with van der Waals surface area (Å²) in [7, 11) is 0. The van der Waals surface area contributed by atoms with E-state index in [4.69, 9.17) is 10.8 Å². The molecule has 1 aromatic rings. The van der Waals surface area contributed by atoms with Crippen LogP contribution in [-0.4, -0.2) is 28.9 Å². The SMILES string of the molecule is Cc1cc(C(=O)NC(CCC(N)=O)C(=O)O)ccc1Br. The van der Waals surface area contributed by atoms with Gasteiger partial charge in [0.1, 0.15) is 6.04 Å². The second kappa shape index (κ2) is 7.04. The van der Waals surface area contributed by atoms with Crippen molar-refractivity contribution < 1.29 is 19.5 Å². The molecule has 0 aliphatic rings. The molecule has 4 N–H and O–H groups in total. The average molecular weight is 343 g/mol. The van der Waals surface area contributed by atoms with Crippen molar-refractivity contribution in [2.45, 2.75) is 25.8 Å². The lowest BCUT2D eigenvalue weighted by atomic mass is 10.1. The number of hydrogen-bond acceptors (Lipinski definition) is 3. The molecule has 0 aromatic heterocycles. The number of hydrogen-bond donors (Lipinski definition) is 3. The van der Waals surface area contributed by atoms with E-state index in [2.05, 4.69) is 21.2 Å². The zero-order valence-electron chi connectivity index (χ0n) is 10.9. The number of carbonyl (C=O) groups is 3. The minimum atomic E-state index is -1.20. The molecule has 1 rings (SSSR count). The number of carboxylic acid groups (broad SMARTS) is 1. The zero-order chi connectivity index (χ0) is 15.3. The lowest BCUT2D eigenvalue weighted by Crippen LogP contribution is -2.41. The number of nitrogens with two attached hydrogens (primary N) is 1. The third-order valence-corrected chi connectivity index (χ3v) is 3.59. The molecule has 7 heteroatoms. The Labute approximate surface area is 124 Å². The van der Waals surface area contributed by atoms with Gasteiger partial charge in [0.2, 0.25) is 5.91 Å². The number of benzene rings is 1. The first-order valence-corrected chi connectivity index (χ1v) is 6.68. The Morgan fingerprint density at radius 1 is 1.40 bits per heavy atom. The summed E-state index contributed by atoms with van der Waals surface area (Å²) in [6, 6.07) is 3.80. The van der Waals surface area contributed by atoms with E-state index in [9.17, 15) is 14.4 Å². The predicted octanol–water partition coefficient (Wildman–Crippen LogP) is 1.21. The van der Waals surface area contributed by atoms with Gasteiger partial charge in [-0.1, -0.05) is 15.9 Å². The van der Waals surface area contributed by atoms with E-state index in [1.165, 1.54) is 0 Å². The average Bonchev–Trinajstić information content (AvgIpc) is 2.36. The van der Waals surface area contributed by atoms with Crippen molar-refractivity contribution in [1.29, 1.82) is 0 Å². The molecule has 0 fully saturated rings. The van der Waals surface area contributed by atoms with Crippen molar-refractivity contribution in [3.63, 3.8) is 0 Å². The highest BCUT2D eigenvalue weighted by Crippen LogP contribution is 2.17. The molecule has 0 saturated heterocycles. The fourth-order valence-electron chi connectivity index (χ4n) is 1.57. The molecule has 0 heterocycles. The summed E-state index contributed by atoms with van der Waals surface area (Å²) in [6.45, 7) is 1.82. The van der Waals surface area contributed by atoms with E-state index in [1.54, 1.807) is 18.2 Å². The zero-order valence-corrected chi connectivity index (χ0v) is 12.4. The predicted molar refractivity (Wildman–Crippen MR) is 76.2 cm³/mol. The number of aliphatic carboxylic acids is 1. The van der Waals surface area contributed by atoms with E-state index >= 15 is 0 Å². The van der Waals surface area contributed by atoms with Gasteiger partial charge in [-0.15, -0.1) is 0 Å². The van der Waals surface area contributed by atoms with Crippen LogP contribution in [0, 0.1) is 6.92 Å². The highest BCUT2D eigenvalue weighted by molar-refractivity contribution is 9.10. The van der Waals surface area contributed by atoms with Crippen molar-refractivity contribution >= 4 is 33.7 Å². The molecule has 20 heavy (non-hydrogen) atoms. The third-order valence-electron chi connectivity index (χ3n) is 2.70. The van der Waals surface area contributed by atoms with Crippen LogP contribution in [0.5, 0.6) is 0 Å².